The second-order valence-corrected chi connectivity index (χ2v) is 8.26. The maximum atomic E-state index is 13.3. The molecule has 0 saturated carbocycles. The minimum Gasteiger partial charge on any atom is -0.479 e. The van der Waals surface area contributed by atoms with Crippen molar-refractivity contribution >= 4 is 40.4 Å². The molecule has 0 aliphatic rings. The summed E-state index contributed by atoms with van der Waals surface area (Å²) in [6, 6.07) is 17.2. The highest BCUT2D eigenvalue weighted by atomic mass is 35.5. The molecule has 2 amide bonds. The van der Waals surface area contributed by atoms with Crippen molar-refractivity contribution in [1.29, 1.82) is 0 Å². The first kappa shape index (κ1) is 23.9. The molecule has 7 heteroatoms. The fourth-order valence-electron chi connectivity index (χ4n) is 3.22. The molecule has 1 aromatic heterocycles. The lowest BCUT2D eigenvalue weighted by atomic mass is 10.1. The van der Waals surface area contributed by atoms with Gasteiger partial charge in [0.1, 0.15) is 12.4 Å². The summed E-state index contributed by atoms with van der Waals surface area (Å²) < 4.78 is 5.39. The first-order valence-electron chi connectivity index (χ1n) is 10.1. The molecule has 2 aromatic carbocycles. The molecule has 1 heterocycles. The van der Waals surface area contributed by atoms with Crippen LogP contribution in [0.4, 0.5) is 5.69 Å². The third-order valence-corrected chi connectivity index (χ3v) is 5.94. The van der Waals surface area contributed by atoms with Crippen LogP contribution in [0.1, 0.15) is 16.5 Å². The molecule has 3 aromatic rings. The van der Waals surface area contributed by atoms with Gasteiger partial charge in [0.2, 0.25) is 5.91 Å². The van der Waals surface area contributed by atoms with Crippen molar-refractivity contribution < 1.29 is 14.3 Å². The van der Waals surface area contributed by atoms with E-state index in [1.54, 1.807) is 18.2 Å². The van der Waals surface area contributed by atoms with Crippen molar-refractivity contribution in [2.24, 2.45) is 0 Å². The molecule has 1 atom stereocenters. The monoisotopic (exact) mass is 476 g/mol. The molecule has 1 unspecified atom stereocenters. The normalized spacial score (nSPS) is 11.0. The third-order valence-electron chi connectivity index (χ3n) is 4.72. The van der Waals surface area contributed by atoms with Crippen LogP contribution in [-0.2, 0) is 16.0 Å². The zero-order valence-electron chi connectivity index (χ0n) is 17.7. The smallest absolute Gasteiger partial charge is 0.303 e. The number of thiophene rings is 1. The Morgan fingerprint density at radius 2 is 1.91 bits per heavy atom. The molecular formula is C26H21ClN2O3S. The molecular weight excluding hydrogens is 456 g/mol. The van der Waals surface area contributed by atoms with E-state index in [0.29, 0.717) is 29.3 Å². The molecule has 1 N–H and O–H groups in total. The maximum absolute atomic E-state index is 13.3. The molecule has 0 fully saturated rings. The number of hydrogen-bond donors (Lipinski definition) is 1. The van der Waals surface area contributed by atoms with Crippen molar-refractivity contribution in [1.82, 2.24) is 5.32 Å². The van der Waals surface area contributed by atoms with Gasteiger partial charge < -0.3 is 10.1 Å². The number of anilines is 1. The average molecular weight is 477 g/mol. The van der Waals surface area contributed by atoms with Crippen LogP contribution in [0.5, 0.6) is 5.75 Å². The van der Waals surface area contributed by atoms with Crippen LogP contribution < -0.4 is 15.0 Å². The van der Waals surface area contributed by atoms with Gasteiger partial charge in [-0.1, -0.05) is 53.9 Å². The molecule has 0 aliphatic heterocycles. The maximum Gasteiger partial charge on any atom is 0.303 e. The number of amides is 2. The Labute approximate surface area is 202 Å². The van der Waals surface area contributed by atoms with E-state index in [2.05, 4.69) is 17.2 Å². The van der Waals surface area contributed by atoms with E-state index in [0.717, 1.165) is 5.56 Å². The summed E-state index contributed by atoms with van der Waals surface area (Å²) in [7, 11) is 0. The van der Waals surface area contributed by atoms with Gasteiger partial charge >= 0.3 is 5.91 Å². The average Bonchev–Trinajstić information content (AvgIpc) is 3.36. The second kappa shape index (κ2) is 11.8. The van der Waals surface area contributed by atoms with E-state index in [1.807, 2.05) is 41.8 Å². The van der Waals surface area contributed by atoms with Gasteiger partial charge in [0.15, 0.2) is 6.04 Å². The Morgan fingerprint density at radius 1 is 1.12 bits per heavy atom. The van der Waals surface area contributed by atoms with Crippen LogP contribution in [0.2, 0.25) is 5.02 Å². The lowest BCUT2D eigenvalue weighted by Crippen LogP contribution is -2.43. The number of terminal acetylenes is 2. The Hall–Kier alpha value is -3.71. The summed E-state index contributed by atoms with van der Waals surface area (Å²) in [5.74, 6) is 3.84. The number of benzene rings is 2. The summed E-state index contributed by atoms with van der Waals surface area (Å²) in [5, 5.41) is 5.01. The van der Waals surface area contributed by atoms with E-state index in [9.17, 15) is 9.59 Å². The van der Waals surface area contributed by atoms with Crippen LogP contribution in [0.3, 0.4) is 0 Å². The highest BCUT2D eigenvalue weighted by molar-refractivity contribution is 7.10. The van der Waals surface area contributed by atoms with E-state index >= 15 is 0 Å². The van der Waals surface area contributed by atoms with Crippen LogP contribution >= 0.6 is 22.9 Å². The van der Waals surface area contributed by atoms with E-state index in [1.165, 1.54) is 22.3 Å². The molecule has 33 heavy (non-hydrogen) atoms. The lowest BCUT2D eigenvalue weighted by Gasteiger charge is -2.29. The molecule has 0 radical (unpaired) electrons. The number of halogens is 1. The van der Waals surface area contributed by atoms with Gasteiger partial charge in [0.05, 0.1) is 5.02 Å². The Balaban J connectivity index is 1.89. The topological polar surface area (TPSA) is 58.6 Å². The molecule has 0 saturated heterocycles. The zero-order valence-corrected chi connectivity index (χ0v) is 19.2. The number of nitrogens with one attached hydrogen (secondary N) is 1. The van der Waals surface area contributed by atoms with Crippen LogP contribution in [0.25, 0.3) is 0 Å². The number of nitrogens with zero attached hydrogens (tertiary/aromatic N) is 1. The van der Waals surface area contributed by atoms with Crippen molar-refractivity contribution in [2.75, 3.05) is 18.1 Å². The standard InChI is InChI=1S/C26H21ClN2O3S/c1-3-16-32-22-13-12-20(18-21(22)27)29(24(30)4-2)25(23-11-8-17-33-23)26(31)28-15-14-19-9-6-5-7-10-19/h1-2,5-13,17-18,25H,14-16H2,(H,28,31). The fourth-order valence-corrected chi connectivity index (χ4v) is 4.26. The van der Waals surface area contributed by atoms with Gasteiger partial charge in [-0.05, 0) is 47.6 Å². The van der Waals surface area contributed by atoms with Crippen LogP contribution in [0.15, 0.2) is 66.0 Å². The first-order chi connectivity index (χ1) is 16.0. The molecule has 3 rings (SSSR count). The number of rotatable bonds is 9. The Morgan fingerprint density at radius 3 is 2.55 bits per heavy atom. The number of hydrogen-bond acceptors (Lipinski definition) is 4. The highest BCUT2D eigenvalue weighted by Crippen LogP contribution is 2.35. The fraction of sp³-hybridized carbons (Fsp3) is 0.154. The SMILES string of the molecule is C#CCOc1ccc(N(C(=O)C#C)C(C(=O)NCCc2ccccc2)c2cccs2)cc1Cl. The summed E-state index contributed by atoms with van der Waals surface area (Å²) in [6.45, 7) is 0.455. The minimum absolute atomic E-state index is 0.0493. The van der Waals surface area contributed by atoms with Gasteiger partial charge in [0.25, 0.3) is 0 Å². The first-order valence-corrected chi connectivity index (χ1v) is 11.3. The Kier molecular flexibility index (Phi) is 8.55. The van der Waals surface area contributed by atoms with Crippen molar-refractivity contribution in [2.45, 2.75) is 12.5 Å². The zero-order chi connectivity index (χ0) is 23.6. The lowest BCUT2D eigenvalue weighted by molar-refractivity contribution is -0.125. The van der Waals surface area contributed by atoms with Gasteiger partial charge in [-0.15, -0.1) is 24.2 Å². The minimum atomic E-state index is -0.960. The van der Waals surface area contributed by atoms with Gasteiger partial charge in [-0.25, -0.2) is 0 Å². The van der Waals surface area contributed by atoms with E-state index in [4.69, 9.17) is 29.2 Å². The number of ether oxygens (including phenoxy) is 1. The summed E-state index contributed by atoms with van der Waals surface area (Å²) in [5.41, 5.74) is 1.46. The molecule has 0 aliphatic carbocycles. The summed E-state index contributed by atoms with van der Waals surface area (Å²) in [6.07, 6.45) is 11.3. The number of carbonyl (C=O) groups is 2. The second-order valence-electron chi connectivity index (χ2n) is 6.87. The Bertz CT molecular complexity index is 1180. The van der Waals surface area contributed by atoms with Gasteiger partial charge in [0, 0.05) is 17.1 Å². The van der Waals surface area contributed by atoms with Crippen LogP contribution in [0, 0.1) is 24.7 Å². The molecule has 0 spiro atoms. The highest BCUT2D eigenvalue weighted by Gasteiger charge is 2.33. The van der Waals surface area contributed by atoms with Gasteiger partial charge in [-0.3, -0.25) is 14.5 Å². The quantitative estimate of drug-likeness (QED) is 0.463. The van der Waals surface area contributed by atoms with Crippen molar-refractivity contribution in [3.8, 4) is 30.4 Å². The summed E-state index contributed by atoms with van der Waals surface area (Å²) >= 11 is 7.69. The van der Waals surface area contributed by atoms with Crippen molar-refractivity contribution in [3.05, 3.63) is 81.5 Å². The van der Waals surface area contributed by atoms with E-state index < -0.39 is 11.9 Å². The van der Waals surface area contributed by atoms with Crippen molar-refractivity contribution in [3.63, 3.8) is 0 Å². The van der Waals surface area contributed by atoms with E-state index in [-0.39, 0.29) is 17.5 Å². The summed E-state index contributed by atoms with van der Waals surface area (Å²) in [4.78, 5) is 28.1. The predicted molar refractivity (Wildman–Crippen MR) is 132 cm³/mol. The van der Waals surface area contributed by atoms with Gasteiger partial charge in [-0.2, -0.15) is 0 Å². The molecule has 5 nitrogen and oxygen atoms in total. The molecule has 166 valence electrons. The largest absolute Gasteiger partial charge is 0.479 e. The van der Waals surface area contributed by atoms with Crippen LogP contribution in [-0.4, -0.2) is 25.0 Å². The number of carbonyl (C=O) groups excluding carboxylic acids is 2. The molecule has 0 bridgehead atoms. The third kappa shape index (κ3) is 6.17. The predicted octanol–water partition coefficient (Wildman–Crippen LogP) is 4.48.